The van der Waals surface area contributed by atoms with E-state index in [0.29, 0.717) is 23.6 Å². The highest BCUT2D eigenvalue weighted by Crippen LogP contribution is 2.25. The molecule has 1 aromatic carbocycles. The number of rotatable bonds is 6. The Morgan fingerprint density at radius 3 is 2.37 bits per heavy atom. The maximum absolute atomic E-state index is 12.7. The Labute approximate surface area is 161 Å². The summed E-state index contributed by atoms with van der Waals surface area (Å²) in [5.41, 5.74) is 0.0124. The zero-order valence-corrected chi connectivity index (χ0v) is 16.8. The molecule has 0 aliphatic carbocycles. The maximum atomic E-state index is 12.7. The first-order valence-electron chi connectivity index (χ1n) is 9.19. The van der Waals surface area contributed by atoms with Crippen LogP contribution in [-0.2, 0) is 4.74 Å². The largest absolute Gasteiger partial charge is 0.497 e. The second kappa shape index (κ2) is 9.08. The van der Waals surface area contributed by atoms with Crippen LogP contribution in [0.5, 0.6) is 11.5 Å². The lowest BCUT2D eigenvalue weighted by Gasteiger charge is -2.32. The zero-order valence-electron chi connectivity index (χ0n) is 16.8. The molecule has 0 aromatic heterocycles. The molecule has 0 saturated carbocycles. The Bertz CT molecular complexity index is 661. The van der Waals surface area contributed by atoms with Gasteiger partial charge >= 0.3 is 6.09 Å². The number of nitrogens with one attached hydrogen (secondary N) is 1. The van der Waals surface area contributed by atoms with E-state index in [4.69, 9.17) is 14.2 Å². The Balaban J connectivity index is 1.87. The van der Waals surface area contributed by atoms with Crippen molar-refractivity contribution in [1.29, 1.82) is 0 Å². The molecule has 1 amide bonds. The summed E-state index contributed by atoms with van der Waals surface area (Å²) in [5, 5.41) is 2.90. The van der Waals surface area contributed by atoms with Crippen LogP contribution < -0.4 is 14.8 Å². The predicted octanol–water partition coefficient (Wildman–Crippen LogP) is 2.88. The first-order valence-corrected chi connectivity index (χ1v) is 9.19. The van der Waals surface area contributed by atoms with Crippen molar-refractivity contribution in [2.45, 2.75) is 45.3 Å². The molecule has 0 spiro atoms. The Morgan fingerprint density at radius 1 is 1.15 bits per heavy atom. The van der Waals surface area contributed by atoms with Gasteiger partial charge in [0.2, 0.25) is 0 Å². The van der Waals surface area contributed by atoms with E-state index < -0.39 is 11.7 Å². The Morgan fingerprint density at radius 2 is 1.81 bits per heavy atom. The van der Waals surface area contributed by atoms with Crippen molar-refractivity contribution < 1.29 is 23.8 Å². The van der Waals surface area contributed by atoms with Crippen molar-refractivity contribution >= 4 is 11.9 Å². The van der Waals surface area contributed by atoms with Crippen molar-refractivity contribution in [3.63, 3.8) is 0 Å². The van der Waals surface area contributed by atoms with E-state index in [9.17, 15) is 9.59 Å². The lowest BCUT2D eigenvalue weighted by Crippen LogP contribution is -2.47. The van der Waals surface area contributed by atoms with Crippen LogP contribution >= 0.6 is 0 Å². The number of methoxy groups -OCH3 is 2. The summed E-state index contributed by atoms with van der Waals surface area (Å²) in [6.07, 6.45) is 1.17. The van der Waals surface area contributed by atoms with E-state index in [1.54, 1.807) is 32.4 Å². The van der Waals surface area contributed by atoms with E-state index in [0.717, 1.165) is 25.9 Å². The van der Waals surface area contributed by atoms with Gasteiger partial charge in [0.05, 0.1) is 26.3 Å². The molecule has 1 saturated heterocycles. The number of nitrogens with zero attached hydrogens (tertiary/aromatic N) is 1. The molecule has 1 aromatic rings. The van der Waals surface area contributed by atoms with Crippen LogP contribution in [0.4, 0.5) is 4.79 Å². The summed E-state index contributed by atoms with van der Waals surface area (Å²) < 4.78 is 15.8. The van der Waals surface area contributed by atoms with Crippen LogP contribution in [0.15, 0.2) is 18.2 Å². The summed E-state index contributed by atoms with van der Waals surface area (Å²) in [4.78, 5) is 26.7. The quantitative estimate of drug-likeness (QED) is 0.767. The highest BCUT2D eigenvalue weighted by molar-refractivity contribution is 6.00. The average Bonchev–Trinajstić information content (AvgIpc) is 2.61. The molecule has 27 heavy (non-hydrogen) atoms. The van der Waals surface area contributed by atoms with Crippen molar-refractivity contribution in [2.24, 2.45) is 0 Å². The van der Waals surface area contributed by atoms with Crippen molar-refractivity contribution in [1.82, 2.24) is 10.2 Å². The molecule has 7 heteroatoms. The van der Waals surface area contributed by atoms with Gasteiger partial charge in [-0.05, 0) is 51.8 Å². The second-order valence-corrected chi connectivity index (χ2v) is 7.69. The van der Waals surface area contributed by atoms with Gasteiger partial charge in [-0.3, -0.25) is 9.69 Å². The van der Waals surface area contributed by atoms with Crippen LogP contribution in [0.1, 0.15) is 44.0 Å². The molecule has 1 fully saturated rings. The Kier molecular flexibility index (Phi) is 7.07. The monoisotopic (exact) mass is 378 g/mol. The number of amides is 1. The molecule has 1 heterocycles. The summed E-state index contributed by atoms with van der Waals surface area (Å²) in [7, 11) is 3.12. The molecule has 1 aliphatic rings. The van der Waals surface area contributed by atoms with E-state index in [1.807, 2.05) is 20.8 Å². The fraction of sp³-hybridized carbons (Fsp3) is 0.600. The molecule has 0 bridgehead atoms. The number of carbonyl (C=O) groups is 2. The van der Waals surface area contributed by atoms with Crippen molar-refractivity contribution in [3.05, 3.63) is 23.8 Å². The number of hydrogen-bond acceptors (Lipinski definition) is 6. The van der Waals surface area contributed by atoms with Gasteiger partial charge < -0.3 is 19.5 Å². The van der Waals surface area contributed by atoms with Gasteiger partial charge in [0.15, 0.2) is 5.78 Å². The number of Topliss-reactive ketones (excluding diaryl/α,β-unsaturated/α-hetero) is 1. The van der Waals surface area contributed by atoms with E-state index in [2.05, 4.69) is 10.2 Å². The molecule has 0 unspecified atom stereocenters. The third kappa shape index (κ3) is 6.43. The molecule has 0 radical (unpaired) electrons. The third-order valence-corrected chi connectivity index (χ3v) is 4.38. The summed E-state index contributed by atoms with van der Waals surface area (Å²) in [5.74, 6) is 1.16. The lowest BCUT2D eigenvalue weighted by atomic mass is 10.0. The van der Waals surface area contributed by atoms with E-state index in [-0.39, 0.29) is 11.8 Å². The normalized spacial score (nSPS) is 15.9. The average molecular weight is 378 g/mol. The van der Waals surface area contributed by atoms with Crippen LogP contribution in [0.25, 0.3) is 0 Å². The zero-order chi connectivity index (χ0) is 20.0. The van der Waals surface area contributed by atoms with E-state index in [1.165, 1.54) is 0 Å². The number of piperidine rings is 1. The molecule has 7 nitrogen and oxygen atoms in total. The SMILES string of the molecule is COc1ccc(OC)c(C(=O)CN2CCC(NC(=O)OC(C)(C)C)CC2)c1. The molecule has 0 atom stereocenters. The number of alkyl carbamates (subject to hydrolysis) is 1. The lowest BCUT2D eigenvalue weighted by molar-refractivity contribution is 0.0476. The van der Waals surface area contributed by atoms with Gasteiger partial charge in [0.25, 0.3) is 0 Å². The van der Waals surface area contributed by atoms with Gasteiger partial charge in [0.1, 0.15) is 17.1 Å². The molecular formula is C20H30N2O5. The highest BCUT2D eigenvalue weighted by atomic mass is 16.6. The minimum atomic E-state index is -0.507. The molecule has 150 valence electrons. The number of hydrogen-bond donors (Lipinski definition) is 1. The fourth-order valence-electron chi connectivity index (χ4n) is 3.03. The second-order valence-electron chi connectivity index (χ2n) is 7.69. The van der Waals surface area contributed by atoms with Crippen LogP contribution in [0.2, 0.25) is 0 Å². The number of carbonyl (C=O) groups excluding carboxylic acids is 2. The van der Waals surface area contributed by atoms with E-state index >= 15 is 0 Å². The van der Waals surface area contributed by atoms with Crippen LogP contribution in [0, 0.1) is 0 Å². The van der Waals surface area contributed by atoms with Gasteiger partial charge in [-0.2, -0.15) is 0 Å². The first kappa shape index (κ1) is 21.0. The third-order valence-electron chi connectivity index (χ3n) is 4.38. The smallest absolute Gasteiger partial charge is 0.407 e. The highest BCUT2D eigenvalue weighted by Gasteiger charge is 2.25. The first-order chi connectivity index (χ1) is 12.7. The minimum Gasteiger partial charge on any atom is -0.497 e. The maximum Gasteiger partial charge on any atom is 0.407 e. The minimum absolute atomic E-state index is 0.00991. The topological polar surface area (TPSA) is 77.1 Å². The molecule has 2 rings (SSSR count). The van der Waals surface area contributed by atoms with Crippen molar-refractivity contribution in [2.75, 3.05) is 33.9 Å². The molecule has 1 aliphatic heterocycles. The Hall–Kier alpha value is -2.28. The number of likely N-dealkylation sites (tertiary alicyclic amines) is 1. The summed E-state index contributed by atoms with van der Waals surface area (Å²) in [6.45, 7) is 7.30. The predicted molar refractivity (Wildman–Crippen MR) is 103 cm³/mol. The van der Waals surface area contributed by atoms with Gasteiger partial charge in [-0.15, -0.1) is 0 Å². The summed E-state index contributed by atoms with van der Waals surface area (Å²) >= 11 is 0. The summed E-state index contributed by atoms with van der Waals surface area (Å²) in [6, 6.07) is 5.28. The van der Waals surface area contributed by atoms with Gasteiger partial charge in [-0.1, -0.05) is 0 Å². The van der Waals surface area contributed by atoms with Crippen molar-refractivity contribution in [3.8, 4) is 11.5 Å². The van der Waals surface area contributed by atoms with Crippen LogP contribution in [0.3, 0.4) is 0 Å². The van der Waals surface area contributed by atoms with Gasteiger partial charge in [0, 0.05) is 19.1 Å². The number of ketones is 1. The number of benzene rings is 1. The van der Waals surface area contributed by atoms with Crippen LogP contribution in [-0.4, -0.2) is 62.3 Å². The standard InChI is InChI=1S/C20H30N2O5/c1-20(2,3)27-19(24)21-14-8-10-22(11-9-14)13-17(23)16-12-15(25-4)6-7-18(16)26-5/h6-7,12,14H,8-11,13H2,1-5H3,(H,21,24). The molecular weight excluding hydrogens is 348 g/mol. The molecule has 1 N–H and O–H groups in total. The fourth-order valence-corrected chi connectivity index (χ4v) is 3.03. The van der Waals surface area contributed by atoms with Gasteiger partial charge in [-0.25, -0.2) is 4.79 Å². The number of ether oxygens (including phenoxy) is 3.